The minimum Gasteiger partial charge on any atom is -0.479 e. The number of carboxylic acids is 1. The molecule has 1 rings (SSSR count). The van der Waals surface area contributed by atoms with Crippen molar-refractivity contribution in [3.8, 4) is 0 Å². The van der Waals surface area contributed by atoms with Crippen molar-refractivity contribution in [2.45, 2.75) is 263 Å². The molecule has 1 aliphatic rings. The first-order chi connectivity index (χ1) is 28.7. The van der Waals surface area contributed by atoms with Gasteiger partial charge in [0.05, 0.1) is 6.61 Å². The van der Waals surface area contributed by atoms with E-state index in [0.29, 0.717) is 12.8 Å². The lowest BCUT2D eigenvalue weighted by Gasteiger charge is -2.38. The third-order valence-electron chi connectivity index (χ3n) is 11.4. The van der Waals surface area contributed by atoms with Crippen molar-refractivity contribution in [1.29, 1.82) is 0 Å². The Morgan fingerprint density at radius 3 is 1.32 bits per heavy atom. The van der Waals surface area contributed by atoms with E-state index in [1.54, 1.807) is 0 Å². The Labute approximate surface area is 358 Å². The van der Waals surface area contributed by atoms with Gasteiger partial charge in [-0.05, 0) is 38.5 Å². The Balaban J connectivity index is 2.33. The van der Waals surface area contributed by atoms with Crippen LogP contribution in [0.2, 0.25) is 0 Å². The van der Waals surface area contributed by atoms with Gasteiger partial charge in [0, 0.05) is 12.8 Å². The number of aliphatic hydroxyl groups is 3. The Hall–Kier alpha value is -2.05. The summed E-state index contributed by atoms with van der Waals surface area (Å²) in [4.78, 5) is 36.9. The van der Waals surface area contributed by atoms with E-state index in [9.17, 15) is 34.8 Å². The van der Waals surface area contributed by atoms with Crippen LogP contribution in [0.3, 0.4) is 0 Å². The van der Waals surface area contributed by atoms with Gasteiger partial charge < -0.3 is 39.4 Å². The van der Waals surface area contributed by atoms with E-state index in [4.69, 9.17) is 18.9 Å². The highest BCUT2D eigenvalue weighted by Crippen LogP contribution is 2.23. The fourth-order valence-electron chi connectivity index (χ4n) is 7.52. The molecule has 0 aromatic carbocycles. The molecule has 0 saturated carbocycles. The number of allylic oxidation sites excluding steroid dienone is 2. The zero-order chi connectivity index (χ0) is 43.2. The maximum absolute atomic E-state index is 12.8. The molecule has 59 heavy (non-hydrogen) atoms. The molecule has 346 valence electrons. The lowest BCUT2D eigenvalue weighted by atomic mass is 9.99. The number of aliphatic hydroxyl groups excluding tert-OH is 3. The third-order valence-corrected chi connectivity index (χ3v) is 11.4. The summed E-state index contributed by atoms with van der Waals surface area (Å²) in [5.74, 6) is -2.43. The summed E-state index contributed by atoms with van der Waals surface area (Å²) in [7, 11) is 0. The second-order valence-electron chi connectivity index (χ2n) is 17.0. The minimum absolute atomic E-state index is 0.188. The van der Waals surface area contributed by atoms with Crippen molar-refractivity contribution in [2.75, 3.05) is 13.2 Å². The van der Waals surface area contributed by atoms with Crippen LogP contribution >= 0.6 is 0 Å². The second kappa shape index (κ2) is 38.8. The van der Waals surface area contributed by atoms with Crippen molar-refractivity contribution in [1.82, 2.24) is 0 Å². The smallest absolute Gasteiger partial charge is 0.335 e. The molecular weight excluding hydrogens is 753 g/mol. The molecule has 0 amide bonds. The SMILES string of the molecule is CCCCCCCC/C=C\CCCCCCCCCC(=O)OCC(COC1OC(C(=O)O)C(O)C(O)C1O)OC(=O)CCCCCCCCCCCCCCCCCC. The van der Waals surface area contributed by atoms with Crippen molar-refractivity contribution >= 4 is 17.9 Å². The average molecular weight is 841 g/mol. The highest BCUT2D eigenvalue weighted by molar-refractivity contribution is 5.73. The number of unbranched alkanes of at least 4 members (excludes halogenated alkanes) is 28. The van der Waals surface area contributed by atoms with Crippen LogP contribution in [0.5, 0.6) is 0 Å². The first-order valence-corrected chi connectivity index (χ1v) is 24.2. The van der Waals surface area contributed by atoms with Crippen LogP contribution in [0.4, 0.5) is 0 Å². The number of esters is 2. The highest BCUT2D eigenvalue weighted by atomic mass is 16.7. The molecule has 0 aromatic heterocycles. The molecule has 1 fully saturated rings. The number of ether oxygens (including phenoxy) is 4. The zero-order valence-electron chi connectivity index (χ0n) is 37.5. The van der Waals surface area contributed by atoms with Crippen LogP contribution < -0.4 is 0 Å². The Morgan fingerprint density at radius 2 is 0.898 bits per heavy atom. The van der Waals surface area contributed by atoms with Crippen LogP contribution in [0.25, 0.3) is 0 Å². The van der Waals surface area contributed by atoms with Gasteiger partial charge in [0.1, 0.15) is 24.9 Å². The molecule has 1 heterocycles. The van der Waals surface area contributed by atoms with Crippen molar-refractivity contribution in [2.24, 2.45) is 0 Å². The number of rotatable bonds is 41. The summed E-state index contributed by atoms with van der Waals surface area (Å²) in [6.07, 6.45) is 32.6. The molecule has 4 N–H and O–H groups in total. The van der Waals surface area contributed by atoms with E-state index in [0.717, 1.165) is 44.9 Å². The third kappa shape index (κ3) is 30.6. The molecule has 6 unspecified atom stereocenters. The molecule has 0 bridgehead atoms. The van der Waals surface area contributed by atoms with Crippen LogP contribution in [0.1, 0.15) is 226 Å². The van der Waals surface area contributed by atoms with Gasteiger partial charge in [0.2, 0.25) is 0 Å². The molecule has 1 saturated heterocycles. The van der Waals surface area contributed by atoms with Crippen LogP contribution in [0, 0.1) is 0 Å². The minimum atomic E-state index is -1.86. The van der Waals surface area contributed by atoms with Crippen LogP contribution in [-0.4, -0.2) is 88.4 Å². The van der Waals surface area contributed by atoms with E-state index in [1.807, 2.05) is 0 Å². The van der Waals surface area contributed by atoms with Gasteiger partial charge in [-0.25, -0.2) is 4.79 Å². The molecule has 11 nitrogen and oxygen atoms in total. The van der Waals surface area contributed by atoms with Gasteiger partial charge in [-0.3, -0.25) is 9.59 Å². The molecular formula is C48H88O11. The second-order valence-corrected chi connectivity index (χ2v) is 17.0. The summed E-state index contributed by atoms with van der Waals surface area (Å²) in [6, 6.07) is 0. The summed E-state index contributed by atoms with van der Waals surface area (Å²) < 4.78 is 21.8. The maximum atomic E-state index is 12.8. The number of aliphatic carboxylic acids is 1. The number of hydrogen-bond donors (Lipinski definition) is 4. The Morgan fingerprint density at radius 1 is 0.508 bits per heavy atom. The molecule has 0 aromatic rings. The zero-order valence-corrected chi connectivity index (χ0v) is 37.5. The monoisotopic (exact) mass is 841 g/mol. The maximum Gasteiger partial charge on any atom is 0.335 e. The van der Waals surface area contributed by atoms with E-state index >= 15 is 0 Å². The number of carbonyl (C=O) groups excluding carboxylic acids is 2. The fourth-order valence-corrected chi connectivity index (χ4v) is 7.52. The number of carboxylic acid groups (broad SMARTS) is 1. The largest absolute Gasteiger partial charge is 0.479 e. The van der Waals surface area contributed by atoms with Gasteiger partial charge in [-0.2, -0.15) is 0 Å². The summed E-state index contributed by atoms with van der Waals surface area (Å²) in [6.45, 7) is 3.83. The number of carbonyl (C=O) groups is 3. The first kappa shape index (κ1) is 55.0. The Kier molecular flexibility index (Phi) is 36.2. The predicted molar refractivity (Wildman–Crippen MR) is 234 cm³/mol. The van der Waals surface area contributed by atoms with Gasteiger partial charge in [0.15, 0.2) is 18.5 Å². The summed E-state index contributed by atoms with van der Waals surface area (Å²) in [5, 5.41) is 39.9. The van der Waals surface area contributed by atoms with Crippen LogP contribution in [-0.2, 0) is 33.3 Å². The normalized spacial score (nSPS) is 19.9. The topological polar surface area (TPSA) is 169 Å². The van der Waals surface area contributed by atoms with E-state index in [1.165, 1.54) is 141 Å². The molecule has 11 heteroatoms. The van der Waals surface area contributed by atoms with Gasteiger partial charge in [-0.15, -0.1) is 0 Å². The predicted octanol–water partition coefficient (Wildman–Crippen LogP) is 10.8. The van der Waals surface area contributed by atoms with Gasteiger partial charge in [0.25, 0.3) is 0 Å². The number of hydrogen-bond acceptors (Lipinski definition) is 10. The molecule has 0 aliphatic carbocycles. The fraction of sp³-hybridized carbons (Fsp3) is 0.896. The first-order valence-electron chi connectivity index (χ1n) is 24.2. The molecule has 0 spiro atoms. The average Bonchev–Trinajstić information content (AvgIpc) is 3.22. The highest BCUT2D eigenvalue weighted by Gasteiger charge is 2.47. The van der Waals surface area contributed by atoms with Crippen molar-refractivity contribution in [3.05, 3.63) is 12.2 Å². The van der Waals surface area contributed by atoms with Crippen molar-refractivity contribution < 1.29 is 53.8 Å². The Bertz CT molecular complexity index is 1040. The standard InChI is InChI=1S/C48H88O11/c1-3-5-7-9-11-13-15-17-19-21-23-24-26-28-30-32-34-36-41(49)56-38-40(39-57-48-45(53)43(51)44(52)46(59-48)47(54)55)58-42(50)37-35-33-31-29-27-25-22-20-18-16-14-12-10-8-6-4-2/h17,19,40,43-46,48,51-53H,3-16,18,20-39H2,1-2H3,(H,54,55)/b19-17-. The molecule has 6 atom stereocenters. The van der Waals surface area contributed by atoms with E-state index < -0.39 is 54.7 Å². The molecule has 0 radical (unpaired) electrons. The lowest BCUT2D eigenvalue weighted by Crippen LogP contribution is -2.60. The van der Waals surface area contributed by atoms with Gasteiger partial charge in [-0.1, -0.05) is 187 Å². The van der Waals surface area contributed by atoms with Crippen LogP contribution in [0.15, 0.2) is 12.2 Å². The molecule has 1 aliphatic heterocycles. The van der Waals surface area contributed by atoms with Crippen molar-refractivity contribution in [3.63, 3.8) is 0 Å². The van der Waals surface area contributed by atoms with Gasteiger partial charge >= 0.3 is 17.9 Å². The lowest BCUT2D eigenvalue weighted by molar-refractivity contribution is -0.298. The van der Waals surface area contributed by atoms with E-state index in [2.05, 4.69) is 26.0 Å². The van der Waals surface area contributed by atoms with E-state index in [-0.39, 0.29) is 26.1 Å². The summed E-state index contributed by atoms with van der Waals surface area (Å²) >= 11 is 0. The quantitative estimate of drug-likeness (QED) is 0.0263. The summed E-state index contributed by atoms with van der Waals surface area (Å²) in [5.41, 5.74) is 0.